The van der Waals surface area contributed by atoms with Crippen LogP contribution in [0.1, 0.15) is 23.7 Å². The molecule has 2 aromatic rings. The molecule has 1 heterocycles. The molecule has 0 aliphatic heterocycles. The Kier molecular flexibility index (Phi) is 4.71. The van der Waals surface area contributed by atoms with Crippen molar-refractivity contribution in [3.63, 3.8) is 0 Å². The first-order valence-corrected chi connectivity index (χ1v) is 6.76. The third-order valence-electron chi connectivity index (χ3n) is 3.02. The number of anilines is 2. The number of para-hydroxylation sites is 1. The lowest BCUT2D eigenvalue weighted by Crippen LogP contribution is -2.27. The second-order valence-corrected chi connectivity index (χ2v) is 4.52. The van der Waals surface area contributed by atoms with Crippen molar-refractivity contribution in [1.82, 2.24) is 4.98 Å². The second kappa shape index (κ2) is 6.70. The fourth-order valence-corrected chi connectivity index (χ4v) is 1.92. The van der Waals surface area contributed by atoms with Gasteiger partial charge in [0.2, 0.25) is 0 Å². The average molecular weight is 269 g/mol. The molecule has 1 aromatic heterocycles. The molecule has 0 bridgehead atoms. The van der Waals surface area contributed by atoms with Crippen molar-refractivity contribution in [2.75, 3.05) is 23.8 Å². The summed E-state index contributed by atoms with van der Waals surface area (Å²) in [6.45, 7) is 2.94. The van der Waals surface area contributed by atoms with Gasteiger partial charge < -0.3 is 5.32 Å². The number of carbonyl (C=O) groups is 1. The molecule has 20 heavy (non-hydrogen) atoms. The number of pyridine rings is 1. The van der Waals surface area contributed by atoms with Gasteiger partial charge in [-0.15, -0.1) is 0 Å². The fraction of sp³-hybridized carbons (Fsp3) is 0.250. The van der Waals surface area contributed by atoms with E-state index >= 15 is 0 Å². The van der Waals surface area contributed by atoms with Crippen molar-refractivity contribution >= 4 is 17.4 Å². The first kappa shape index (κ1) is 14.1. The van der Waals surface area contributed by atoms with Crippen LogP contribution in [-0.4, -0.2) is 24.5 Å². The monoisotopic (exact) mass is 269 g/mol. The number of rotatable bonds is 5. The van der Waals surface area contributed by atoms with Crippen LogP contribution >= 0.6 is 0 Å². The van der Waals surface area contributed by atoms with E-state index in [1.165, 1.54) is 0 Å². The van der Waals surface area contributed by atoms with Gasteiger partial charge in [-0.05, 0) is 30.7 Å². The number of nitrogens with zero attached hydrogens (tertiary/aromatic N) is 2. The van der Waals surface area contributed by atoms with E-state index in [0.717, 1.165) is 18.7 Å². The van der Waals surface area contributed by atoms with Crippen LogP contribution in [0.15, 0.2) is 48.7 Å². The molecule has 0 fully saturated rings. The van der Waals surface area contributed by atoms with Crippen LogP contribution < -0.4 is 10.2 Å². The molecule has 0 saturated heterocycles. The summed E-state index contributed by atoms with van der Waals surface area (Å²) in [5.41, 5.74) is 1.52. The lowest BCUT2D eigenvalue weighted by atomic mass is 10.1. The molecule has 0 atom stereocenters. The molecule has 4 nitrogen and oxygen atoms in total. The van der Waals surface area contributed by atoms with Gasteiger partial charge in [0.05, 0.1) is 5.56 Å². The molecule has 0 saturated carbocycles. The smallest absolute Gasteiger partial charge is 0.261 e. The Bertz CT molecular complexity index is 569. The van der Waals surface area contributed by atoms with Crippen molar-refractivity contribution in [1.29, 1.82) is 0 Å². The van der Waals surface area contributed by atoms with Crippen LogP contribution in [0, 0.1) is 0 Å². The fourth-order valence-electron chi connectivity index (χ4n) is 1.92. The summed E-state index contributed by atoms with van der Waals surface area (Å²) in [6.07, 6.45) is 2.69. The molecule has 2 rings (SSSR count). The van der Waals surface area contributed by atoms with Crippen molar-refractivity contribution in [3.8, 4) is 0 Å². The van der Waals surface area contributed by atoms with Crippen LogP contribution in [0.2, 0.25) is 0 Å². The van der Waals surface area contributed by atoms with Gasteiger partial charge in [-0.1, -0.05) is 25.1 Å². The highest BCUT2D eigenvalue weighted by molar-refractivity contribution is 6.08. The summed E-state index contributed by atoms with van der Waals surface area (Å²) in [6, 6.07) is 13.1. The minimum absolute atomic E-state index is 0.0668. The maximum absolute atomic E-state index is 12.6. The lowest BCUT2D eigenvalue weighted by Gasteiger charge is -2.18. The quantitative estimate of drug-likeness (QED) is 0.906. The van der Waals surface area contributed by atoms with E-state index in [2.05, 4.69) is 17.2 Å². The molecule has 1 amide bonds. The summed E-state index contributed by atoms with van der Waals surface area (Å²) in [4.78, 5) is 18.3. The Labute approximate surface area is 119 Å². The summed E-state index contributed by atoms with van der Waals surface area (Å²) >= 11 is 0. The van der Waals surface area contributed by atoms with Gasteiger partial charge in [-0.3, -0.25) is 9.69 Å². The van der Waals surface area contributed by atoms with Gasteiger partial charge in [-0.2, -0.15) is 0 Å². The molecule has 104 valence electrons. The molecule has 0 radical (unpaired) electrons. The summed E-state index contributed by atoms with van der Waals surface area (Å²) in [5, 5.41) is 3.28. The number of hydrogen-bond donors (Lipinski definition) is 1. The number of carbonyl (C=O) groups excluding carboxylic acids is 1. The Morgan fingerprint density at radius 3 is 2.65 bits per heavy atom. The predicted molar refractivity (Wildman–Crippen MR) is 82.2 cm³/mol. The number of aromatic nitrogens is 1. The van der Waals surface area contributed by atoms with Crippen molar-refractivity contribution < 1.29 is 4.79 Å². The number of nitrogens with one attached hydrogen (secondary N) is 1. The minimum Gasteiger partial charge on any atom is -0.384 e. The lowest BCUT2D eigenvalue weighted by molar-refractivity contribution is 0.0993. The van der Waals surface area contributed by atoms with Crippen LogP contribution in [0.5, 0.6) is 0 Å². The molecule has 0 unspecified atom stereocenters. The average Bonchev–Trinajstić information content (AvgIpc) is 2.52. The molecule has 0 aliphatic carbocycles. The maximum Gasteiger partial charge on any atom is 0.261 e. The molecule has 0 spiro atoms. The summed E-state index contributed by atoms with van der Waals surface area (Å²) in [5.74, 6) is 0.575. The molecular formula is C16H19N3O. The van der Waals surface area contributed by atoms with Crippen molar-refractivity contribution in [2.24, 2.45) is 0 Å². The first-order valence-electron chi connectivity index (χ1n) is 6.76. The first-order chi connectivity index (χ1) is 9.74. The zero-order valence-corrected chi connectivity index (χ0v) is 11.8. The topological polar surface area (TPSA) is 45.2 Å². The Hall–Kier alpha value is -2.36. The molecular weight excluding hydrogens is 250 g/mol. The largest absolute Gasteiger partial charge is 0.384 e. The minimum atomic E-state index is -0.0668. The Balaban J connectivity index is 2.25. The van der Waals surface area contributed by atoms with Crippen LogP contribution in [-0.2, 0) is 0 Å². The molecule has 4 heteroatoms. The third-order valence-corrected chi connectivity index (χ3v) is 3.02. The summed E-state index contributed by atoms with van der Waals surface area (Å²) < 4.78 is 0. The van der Waals surface area contributed by atoms with Gasteiger partial charge in [0.25, 0.3) is 5.91 Å². The Morgan fingerprint density at radius 2 is 1.95 bits per heavy atom. The zero-order valence-electron chi connectivity index (χ0n) is 11.8. The Morgan fingerprint density at radius 1 is 1.20 bits per heavy atom. The highest BCUT2D eigenvalue weighted by Crippen LogP contribution is 2.19. The van der Waals surface area contributed by atoms with E-state index in [-0.39, 0.29) is 5.91 Å². The zero-order chi connectivity index (χ0) is 14.4. The standard InChI is InChI=1S/C16H19N3O/c1-3-11-17-14-9-5-4-8-13(14)16(20)19(2)15-10-6-7-12-18-15/h4-10,12,17H,3,11H2,1-2H3. The third kappa shape index (κ3) is 3.15. The number of amides is 1. The van der Waals surface area contributed by atoms with Gasteiger partial charge in [0, 0.05) is 25.5 Å². The highest BCUT2D eigenvalue weighted by Gasteiger charge is 2.17. The highest BCUT2D eigenvalue weighted by atomic mass is 16.2. The number of hydrogen-bond acceptors (Lipinski definition) is 3. The van der Waals surface area contributed by atoms with Crippen LogP contribution in [0.4, 0.5) is 11.5 Å². The van der Waals surface area contributed by atoms with Gasteiger partial charge in [0.15, 0.2) is 0 Å². The second-order valence-electron chi connectivity index (χ2n) is 4.52. The predicted octanol–water partition coefficient (Wildman–Crippen LogP) is 3.18. The van der Waals surface area contributed by atoms with E-state index in [0.29, 0.717) is 11.4 Å². The molecule has 1 N–H and O–H groups in total. The van der Waals surface area contributed by atoms with Crippen LogP contribution in [0.3, 0.4) is 0 Å². The van der Waals surface area contributed by atoms with E-state index < -0.39 is 0 Å². The van der Waals surface area contributed by atoms with Crippen molar-refractivity contribution in [2.45, 2.75) is 13.3 Å². The van der Waals surface area contributed by atoms with E-state index in [1.54, 1.807) is 18.1 Å². The van der Waals surface area contributed by atoms with Gasteiger partial charge in [0.1, 0.15) is 5.82 Å². The molecule has 1 aromatic carbocycles. The maximum atomic E-state index is 12.6. The van der Waals surface area contributed by atoms with Crippen molar-refractivity contribution in [3.05, 3.63) is 54.2 Å². The SMILES string of the molecule is CCCNc1ccccc1C(=O)N(C)c1ccccn1. The van der Waals surface area contributed by atoms with Crippen LogP contribution in [0.25, 0.3) is 0 Å². The normalized spacial score (nSPS) is 10.1. The van der Waals surface area contributed by atoms with E-state index in [1.807, 2.05) is 42.5 Å². The van der Waals surface area contributed by atoms with E-state index in [4.69, 9.17) is 0 Å². The summed E-state index contributed by atoms with van der Waals surface area (Å²) in [7, 11) is 1.74. The van der Waals surface area contributed by atoms with Gasteiger partial charge in [-0.25, -0.2) is 4.98 Å². The number of benzene rings is 1. The molecule has 0 aliphatic rings. The van der Waals surface area contributed by atoms with Gasteiger partial charge >= 0.3 is 0 Å². The van der Waals surface area contributed by atoms with E-state index in [9.17, 15) is 4.79 Å².